The average Bonchev–Trinajstić information content (AvgIpc) is 2.73. The van der Waals surface area contributed by atoms with E-state index in [1.54, 1.807) is 0 Å². The number of H-pyrrole nitrogens is 1. The Morgan fingerprint density at radius 1 is 1.27 bits per heavy atom. The molecule has 0 saturated heterocycles. The zero-order chi connectivity index (χ0) is 10.7. The molecule has 1 heterocycles. The van der Waals surface area contributed by atoms with Crippen molar-refractivity contribution in [2.24, 2.45) is 5.73 Å². The number of rotatable bonds is 1. The fourth-order valence-corrected chi connectivity index (χ4v) is 1.48. The van der Waals surface area contributed by atoms with E-state index in [4.69, 9.17) is 5.73 Å². The number of nitrogens with zero attached hydrogens (tertiary/aromatic N) is 1. The molecule has 0 radical (unpaired) electrons. The summed E-state index contributed by atoms with van der Waals surface area (Å²) in [7, 11) is 0. The SMILES string of the molecule is C/C=c1/nc(-c2ccccc2)[nH]/c1=C/N. The first-order chi connectivity index (χ1) is 7.35. The summed E-state index contributed by atoms with van der Waals surface area (Å²) in [6.45, 7) is 1.94. The van der Waals surface area contributed by atoms with Crippen LogP contribution in [0.15, 0.2) is 30.3 Å². The molecule has 0 atom stereocenters. The highest BCUT2D eigenvalue weighted by Gasteiger charge is 2.00. The van der Waals surface area contributed by atoms with E-state index in [1.807, 2.05) is 43.3 Å². The van der Waals surface area contributed by atoms with Gasteiger partial charge in [0, 0.05) is 11.8 Å². The van der Waals surface area contributed by atoms with Gasteiger partial charge in [0.25, 0.3) is 0 Å². The van der Waals surface area contributed by atoms with E-state index in [1.165, 1.54) is 6.20 Å². The Balaban J connectivity index is 2.62. The topological polar surface area (TPSA) is 54.7 Å². The van der Waals surface area contributed by atoms with Crippen LogP contribution in [0.2, 0.25) is 0 Å². The molecule has 0 aliphatic rings. The molecular formula is C12H13N3. The van der Waals surface area contributed by atoms with E-state index in [0.717, 1.165) is 22.1 Å². The van der Waals surface area contributed by atoms with Crippen LogP contribution in [0.4, 0.5) is 0 Å². The second-order valence-corrected chi connectivity index (χ2v) is 3.21. The summed E-state index contributed by atoms with van der Waals surface area (Å²) in [4.78, 5) is 7.62. The quantitative estimate of drug-likeness (QED) is 0.705. The molecule has 0 aliphatic heterocycles. The lowest BCUT2D eigenvalue weighted by Gasteiger charge is -1.93. The Hall–Kier alpha value is -2.03. The van der Waals surface area contributed by atoms with Gasteiger partial charge in [-0.1, -0.05) is 36.4 Å². The first-order valence-corrected chi connectivity index (χ1v) is 4.85. The molecular weight excluding hydrogens is 186 g/mol. The normalized spacial score (nSPS) is 13.4. The number of aromatic amines is 1. The molecule has 3 heteroatoms. The summed E-state index contributed by atoms with van der Waals surface area (Å²) in [6, 6.07) is 9.98. The van der Waals surface area contributed by atoms with Crippen LogP contribution in [0.5, 0.6) is 0 Å². The summed E-state index contributed by atoms with van der Waals surface area (Å²) in [5.41, 5.74) is 6.56. The van der Waals surface area contributed by atoms with Crippen molar-refractivity contribution >= 4 is 12.3 Å². The fraction of sp³-hybridized carbons (Fsp3) is 0.0833. The Bertz CT molecular complexity index is 521. The molecule has 3 N–H and O–H groups in total. The highest BCUT2D eigenvalue weighted by Crippen LogP contribution is 2.10. The van der Waals surface area contributed by atoms with Crippen LogP contribution in [0.3, 0.4) is 0 Å². The Kier molecular flexibility index (Phi) is 2.54. The van der Waals surface area contributed by atoms with Gasteiger partial charge in [0.05, 0.1) is 10.7 Å². The molecule has 2 rings (SSSR count). The van der Waals surface area contributed by atoms with Crippen LogP contribution in [0, 0.1) is 0 Å². The van der Waals surface area contributed by atoms with Gasteiger partial charge in [-0.3, -0.25) is 0 Å². The molecule has 0 amide bonds. The summed E-state index contributed by atoms with van der Waals surface area (Å²) >= 11 is 0. The maximum absolute atomic E-state index is 5.50. The molecule has 1 aromatic carbocycles. The maximum Gasteiger partial charge on any atom is 0.138 e. The standard InChI is InChI=1S/C12H13N3/c1-2-10-11(8-13)15-12(14-10)9-6-4-3-5-7-9/h2-8H,13H2,1H3,(H,14,15)/b10-2+,11-8+. The average molecular weight is 199 g/mol. The van der Waals surface area contributed by atoms with Crippen molar-refractivity contribution in [2.45, 2.75) is 6.92 Å². The van der Waals surface area contributed by atoms with Crippen molar-refractivity contribution in [3.05, 3.63) is 41.0 Å². The molecule has 0 unspecified atom stereocenters. The first-order valence-electron chi connectivity index (χ1n) is 4.85. The maximum atomic E-state index is 5.50. The van der Waals surface area contributed by atoms with Gasteiger partial charge in [-0.05, 0) is 6.92 Å². The van der Waals surface area contributed by atoms with Gasteiger partial charge in [-0.15, -0.1) is 0 Å². The summed E-state index contributed by atoms with van der Waals surface area (Å²) in [5, 5.41) is 1.74. The predicted molar refractivity (Wildman–Crippen MR) is 62.1 cm³/mol. The van der Waals surface area contributed by atoms with Crippen molar-refractivity contribution in [2.75, 3.05) is 0 Å². The number of benzene rings is 1. The zero-order valence-electron chi connectivity index (χ0n) is 8.57. The van der Waals surface area contributed by atoms with E-state index in [9.17, 15) is 0 Å². The minimum absolute atomic E-state index is 0.848. The highest BCUT2D eigenvalue weighted by atomic mass is 14.9. The van der Waals surface area contributed by atoms with Crippen molar-refractivity contribution in [1.29, 1.82) is 0 Å². The van der Waals surface area contributed by atoms with E-state index in [2.05, 4.69) is 9.97 Å². The number of nitrogens with two attached hydrogens (primary N) is 1. The Labute approximate surface area is 88.0 Å². The van der Waals surface area contributed by atoms with E-state index < -0.39 is 0 Å². The van der Waals surface area contributed by atoms with Gasteiger partial charge in [0.2, 0.25) is 0 Å². The zero-order valence-corrected chi connectivity index (χ0v) is 8.57. The molecule has 0 saturated carbocycles. The fourth-order valence-electron chi connectivity index (χ4n) is 1.48. The van der Waals surface area contributed by atoms with E-state index in [0.29, 0.717) is 0 Å². The van der Waals surface area contributed by atoms with Gasteiger partial charge in [0.1, 0.15) is 5.82 Å². The van der Waals surface area contributed by atoms with Gasteiger partial charge in [-0.25, -0.2) is 4.98 Å². The van der Waals surface area contributed by atoms with Crippen LogP contribution in [-0.2, 0) is 0 Å². The number of hydrogen-bond donors (Lipinski definition) is 2. The lowest BCUT2D eigenvalue weighted by atomic mass is 10.2. The van der Waals surface area contributed by atoms with Crippen LogP contribution >= 0.6 is 0 Å². The number of nitrogens with one attached hydrogen (secondary N) is 1. The number of imidazole rings is 1. The molecule has 0 fully saturated rings. The van der Waals surface area contributed by atoms with Gasteiger partial charge in [0.15, 0.2) is 0 Å². The third kappa shape index (κ3) is 1.76. The minimum atomic E-state index is 0.848. The highest BCUT2D eigenvalue weighted by molar-refractivity contribution is 5.54. The summed E-state index contributed by atoms with van der Waals surface area (Å²) in [6.07, 6.45) is 3.47. The lowest BCUT2D eigenvalue weighted by Crippen LogP contribution is -2.25. The van der Waals surface area contributed by atoms with E-state index >= 15 is 0 Å². The van der Waals surface area contributed by atoms with E-state index in [-0.39, 0.29) is 0 Å². The minimum Gasteiger partial charge on any atom is -0.403 e. The van der Waals surface area contributed by atoms with Gasteiger partial charge in [-0.2, -0.15) is 0 Å². The molecule has 0 bridgehead atoms. The van der Waals surface area contributed by atoms with Crippen LogP contribution in [-0.4, -0.2) is 9.97 Å². The van der Waals surface area contributed by atoms with Crippen molar-refractivity contribution < 1.29 is 0 Å². The molecule has 0 spiro atoms. The van der Waals surface area contributed by atoms with Crippen LogP contribution in [0.1, 0.15) is 6.92 Å². The first kappa shape index (κ1) is 9.52. The second kappa shape index (κ2) is 4.00. The predicted octanol–water partition coefficient (Wildman–Crippen LogP) is 0.574. The Morgan fingerprint density at radius 2 is 2.00 bits per heavy atom. The van der Waals surface area contributed by atoms with Crippen LogP contribution < -0.4 is 16.4 Å². The third-order valence-corrected chi connectivity index (χ3v) is 2.25. The lowest BCUT2D eigenvalue weighted by molar-refractivity contribution is 1.28. The second-order valence-electron chi connectivity index (χ2n) is 3.21. The molecule has 3 nitrogen and oxygen atoms in total. The van der Waals surface area contributed by atoms with Gasteiger partial charge < -0.3 is 10.7 Å². The van der Waals surface area contributed by atoms with Crippen molar-refractivity contribution in [3.63, 3.8) is 0 Å². The smallest absolute Gasteiger partial charge is 0.138 e. The monoisotopic (exact) mass is 199 g/mol. The number of aromatic nitrogens is 2. The molecule has 2 aromatic rings. The molecule has 1 aromatic heterocycles. The molecule has 76 valence electrons. The number of hydrogen-bond acceptors (Lipinski definition) is 2. The third-order valence-electron chi connectivity index (χ3n) is 2.25. The summed E-state index contributed by atoms with van der Waals surface area (Å²) < 4.78 is 0. The van der Waals surface area contributed by atoms with Crippen molar-refractivity contribution in [1.82, 2.24) is 9.97 Å². The molecule has 15 heavy (non-hydrogen) atoms. The van der Waals surface area contributed by atoms with Gasteiger partial charge >= 0.3 is 0 Å². The van der Waals surface area contributed by atoms with Crippen LogP contribution in [0.25, 0.3) is 23.7 Å². The Morgan fingerprint density at radius 3 is 2.53 bits per heavy atom. The molecule has 0 aliphatic carbocycles. The largest absolute Gasteiger partial charge is 0.403 e. The summed E-state index contributed by atoms with van der Waals surface area (Å²) in [5.74, 6) is 0.848. The van der Waals surface area contributed by atoms with Crippen molar-refractivity contribution in [3.8, 4) is 11.4 Å².